The van der Waals surface area contributed by atoms with Gasteiger partial charge in [0.2, 0.25) is 0 Å². The lowest BCUT2D eigenvalue weighted by Crippen LogP contribution is -2.25. The van der Waals surface area contributed by atoms with Crippen molar-refractivity contribution < 1.29 is 9.72 Å². The minimum Gasteiger partial charge on any atom is -0.352 e. The first-order valence-electron chi connectivity index (χ1n) is 5.81. The van der Waals surface area contributed by atoms with E-state index >= 15 is 0 Å². The summed E-state index contributed by atoms with van der Waals surface area (Å²) in [6.45, 7) is 0.453. The zero-order chi connectivity index (χ0) is 14.5. The van der Waals surface area contributed by atoms with Gasteiger partial charge in [0, 0.05) is 18.7 Å². The fourth-order valence-electron chi connectivity index (χ4n) is 1.65. The average Bonchev–Trinajstić information content (AvgIpc) is 2.92. The number of thiophene rings is 1. The molecule has 0 saturated heterocycles. The number of nitrogens with one attached hydrogen (secondary N) is 1. The van der Waals surface area contributed by atoms with Gasteiger partial charge in [-0.2, -0.15) is 11.3 Å². The number of carbonyl (C=O) groups excluding carboxylic acids is 1. The Balaban J connectivity index is 2.01. The number of carbonyl (C=O) groups is 1. The molecule has 1 N–H and O–H groups in total. The summed E-state index contributed by atoms with van der Waals surface area (Å²) >= 11 is 7.49. The lowest BCUT2D eigenvalue weighted by Gasteiger charge is -2.06. The third-order valence-electron chi connectivity index (χ3n) is 2.68. The molecule has 1 aromatic carbocycles. The molecule has 2 rings (SSSR count). The molecular formula is C13H11ClN2O3S. The Kier molecular flexibility index (Phi) is 4.70. The molecule has 1 amide bonds. The summed E-state index contributed by atoms with van der Waals surface area (Å²) in [5.74, 6) is -0.408. The van der Waals surface area contributed by atoms with E-state index in [0.29, 0.717) is 13.0 Å². The summed E-state index contributed by atoms with van der Waals surface area (Å²) in [5.41, 5.74) is 1.10. The average molecular weight is 311 g/mol. The van der Waals surface area contributed by atoms with Gasteiger partial charge in [-0.1, -0.05) is 11.6 Å². The normalized spacial score (nSPS) is 10.2. The summed E-state index contributed by atoms with van der Waals surface area (Å²) in [6.07, 6.45) is 0.710. The molecule has 0 spiro atoms. The topological polar surface area (TPSA) is 72.2 Å². The Labute approximate surface area is 124 Å². The van der Waals surface area contributed by atoms with E-state index in [2.05, 4.69) is 5.32 Å². The van der Waals surface area contributed by atoms with Crippen molar-refractivity contribution in [2.45, 2.75) is 6.42 Å². The van der Waals surface area contributed by atoms with Crippen LogP contribution >= 0.6 is 22.9 Å². The minimum atomic E-state index is -0.557. The maximum Gasteiger partial charge on any atom is 0.270 e. The lowest BCUT2D eigenvalue weighted by atomic mass is 10.2. The summed E-state index contributed by atoms with van der Waals surface area (Å²) in [5, 5.41) is 17.6. The van der Waals surface area contributed by atoms with E-state index in [1.807, 2.05) is 16.8 Å². The molecule has 5 nitrogen and oxygen atoms in total. The van der Waals surface area contributed by atoms with Crippen LogP contribution in [0.5, 0.6) is 0 Å². The van der Waals surface area contributed by atoms with Crippen molar-refractivity contribution in [2.24, 2.45) is 0 Å². The van der Waals surface area contributed by atoms with E-state index in [1.165, 1.54) is 18.2 Å². The third kappa shape index (κ3) is 3.55. The number of hydrogen-bond acceptors (Lipinski definition) is 4. The molecule has 0 bridgehead atoms. The second kappa shape index (κ2) is 6.49. The maximum atomic E-state index is 12.0. The van der Waals surface area contributed by atoms with Gasteiger partial charge in [0.1, 0.15) is 0 Å². The molecule has 0 saturated carbocycles. The van der Waals surface area contributed by atoms with Gasteiger partial charge in [-0.25, -0.2) is 0 Å². The highest BCUT2D eigenvalue weighted by Crippen LogP contribution is 2.21. The van der Waals surface area contributed by atoms with Gasteiger partial charge in [-0.15, -0.1) is 0 Å². The van der Waals surface area contributed by atoms with Crippen molar-refractivity contribution in [3.63, 3.8) is 0 Å². The van der Waals surface area contributed by atoms with Crippen LogP contribution in [0.15, 0.2) is 35.0 Å². The fourth-order valence-corrected chi connectivity index (χ4v) is 2.56. The van der Waals surface area contributed by atoms with E-state index in [9.17, 15) is 14.9 Å². The minimum absolute atomic E-state index is 0.117. The number of amides is 1. The monoisotopic (exact) mass is 310 g/mol. The number of hydrogen-bond donors (Lipinski definition) is 1. The maximum absolute atomic E-state index is 12.0. The molecule has 0 aliphatic heterocycles. The predicted octanol–water partition coefficient (Wildman–Crippen LogP) is 3.28. The van der Waals surface area contributed by atoms with E-state index in [4.69, 9.17) is 11.6 Å². The number of benzene rings is 1. The summed E-state index contributed by atoms with van der Waals surface area (Å²) in [4.78, 5) is 22.1. The van der Waals surface area contributed by atoms with E-state index in [-0.39, 0.29) is 16.3 Å². The molecule has 0 aliphatic rings. The zero-order valence-electron chi connectivity index (χ0n) is 10.3. The summed E-state index contributed by atoms with van der Waals surface area (Å²) in [6, 6.07) is 5.79. The van der Waals surface area contributed by atoms with Crippen LogP contribution in [0.3, 0.4) is 0 Å². The van der Waals surface area contributed by atoms with Gasteiger partial charge in [0.25, 0.3) is 11.6 Å². The van der Waals surface area contributed by atoms with Crippen molar-refractivity contribution >= 4 is 34.5 Å². The molecular weight excluding hydrogens is 300 g/mol. The van der Waals surface area contributed by atoms with Crippen LogP contribution in [0.25, 0.3) is 0 Å². The van der Waals surface area contributed by atoms with Crippen LogP contribution < -0.4 is 5.32 Å². The Morgan fingerprint density at radius 1 is 1.40 bits per heavy atom. The van der Waals surface area contributed by atoms with Gasteiger partial charge in [0.05, 0.1) is 15.5 Å². The summed E-state index contributed by atoms with van der Waals surface area (Å²) in [7, 11) is 0. The van der Waals surface area contributed by atoms with Crippen LogP contribution in [0.4, 0.5) is 5.69 Å². The molecule has 104 valence electrons. The molecule has 1 heterocycles. The molecule has 0 aliphatic carbocycles. The smallest absolute Gasteiger partial charge is 0.270 e. The van der Waals surface area contributed by atoms with Crippen molar-refractivity contribution in [3.8, 4) is 0 Å². The molecule has 0 fully saturated rings. The first-order valence-corrected chi connectivity index (χ1v) is 7.13. The second-order valence-electron chi connectivity index (χ2n) is 4.06. The van der Waals surface area contributed by atoms with Crippen LogP contribution in [0.1, 0.15) is 15.9 Å². The van der Waals surface area contributed by atoms with Crippen LogP contribution in [-0.2, 0) is 6.42 Å². The Bertz CT molecular complexity index is 629. The highest BCUT2D eigenvalue weighted by molar-refractivity contribution is 7.07. The highest BCUT2D eigenvalue weighted by atomic mass is 35.5. The molecule has 0 unspecified atom stereocenters. The molecule has 0 radical (unpaired) electrons. The predicted molar refractivity (Wildman–Crippen MR) is 78.5 cm³/mol. The van der Waals surface area contributed by atoms with Crippen molar-refractivity contribution in [1.29, 1.82) is 0 Å². The van der Waals surface area contributed by atoms with Crippen molar-refractivity contribution in [2.75, 3.05) is 6.54 Å². The Morgan fingerprint density at radius 3 is 2.85 bits per heavy atom. The number of halogens is 1. The first-order chi connectivity index (χ1) is 9.58. The van der Waals surface area contributed by atoms with Crippen LogP contribution in [0.2, 0.25) is 5.02 Å². The molecule has 1 aromatic heterocycles. The van der Waals surface area contributed by atoms with Crippen molar-refractivity contribution in [3.05, 3.63) is 61.3 Å². The standard InChI is InChI=1S/C13H11ClN2O3S/c14-12-2-1-10(16(18)19)7-11(12)13(17)15-5-3-9-4-6-20-8-9/h1-2,4,6-8H,3,5H2,(H,15,17). The van der Waals surface area contributed by atoms with Gasteiger partial charge in [-0.3, -0.25) is 14.9 Å². The van der Waals surface area contributed by atoms with Gasteiger partial charge in [0.15, 0.2) is 0 Å². The quantitative estimate of drug-likeness (QED) is 0.680. The molecule has 0 atom stereocenters. The van der Waals surface area contributed by atoms with Crippen LogP contribution in [-0.4, -0.2) is 17.4 Å². The van der Waals surface area contributed by atoms with E-state index in [0.717, 1.165) is 5.56 Å². The SMILES string of the molecule is O=C(NCCc1ccsc1)c1cc([N+](=O)[O-])ccc1Cl. The van der Waals surface area contributed by atoms with Gasteiger partial charge < -0.3 is 5.32 Å². The summed E-state index contributed by atoms with van der Waals surface area (Å²) < 4.78 is 0. The number of rotatable bonds is 5. The largest absolute Gasteiger partial charge is 0.352 e. The van der Waals surface area contributed by atoms with E-state index < -0.39 is 10.8 Å². The van der Waals surface area contributed by atoms with Crippen LogP contribution in [0, 0.1) is 10.1 Å². The third-order valence-corrected chi connectivity index (χ3v) is 3.75. The first kappa shape index (κ1) is 14.5. The lowest BCUT2D eigenvalue weighted by molar-refractivity contribution is -0.384. The second-order valence-corrected chi connectivity index (χ2v) is 5.25. The highest BCUT2D eigenvalue weighted by Gasteiger charge is 2.15. The molecule has 7 heteroatoms. The number of non-ortho nitro benzene ring substituents is 1. The van der Waals surface area contributed by atoms with Crippen molar-refractivity contribution in [1.82, 2.24) is 5.32 Å². The zero-order valence-corrected chi connectivity index (χ0v) is 11.9. The van der Waals surface area contributed by atoms with E-state index in [1.54, 1.807) is 11.3 Å². The molecule has 2 aromatic rings. The van der Waals surface area contributed by atoms with Gasteiger partial charge >= 0.3 is 0 Å². The number of nitrogens with zero attached hydrogens (tertiary/aromatic N) is 1. The van der Waals surface area contributed by atoms with Gasteiger partial charge in [-0.05, 0) is 34.9 Å². The molecule has 20 heavy (non-hydrogen) atoms. The number of nitro benzene ring substituents is 1. The Morgan fingerprint density at radius 2 is 2.20 bits per heavy atom. The number of nitro groups is 1. The fraction of sp³-hybridized carbons (Fsp3) is 0.154. The Hall–Kier alpha value is -1.92.